The molecule has 0 saturated carbocycles. The average Bonchev–Trinajstić information content (AvgIpc) is 2.47. The van der Waals surface area contributed by atoms with E-state index in [1.807, 2.05) is 24.4 Å². The molecule has 0 radical (unpaired) electrons. The number of benzene rings is 1. The zero-order valence-electron chi connectivity index (χ0n) is 13.1. The Balaban J connectivity index is 1.88. The molecule has 2 heterocycles. The van der Waals surface area contributed by atoms with Gasteiger partial charge in [-0.05, 0) is 45.0 Å². The topological polar surface area (TPSA) is 45.4 Å². The first-order valence-corrected chi connectivity index (χ1v) is 7.60. The smallest absolute Gasteiger partial charge is 0.0955 e. The number of anilines is 2. The van der Waals surface area contributed by atoms with E-state index in [2.05, 4.69) is 41.6 Å². The van der Waals surface area contributed by atoms with E-state index in [4.69, 9.17) is 5.73 Å². The lowest BCUT2D eigenvalue weighted by Gasteiger charge is -2.43. The normalized spacial score (nSPS) is 17.4. The van der Waals surface area contributed by atoms with Crippen molar-refractivity contribution in [3.05, 3.63) is 30.5 Å². The van der Waals surface area contributed by atoms with Crippen molar-refractivity contribution >= 4 is 22.3 Å². The Morgan fingerprint density at radius 1 is 1.05 bits per heavy atom. The molecule has 0 amide bonds. The van der Waals surface area contributed by atoms with Crippen LogP contribution in [0.1, 0.15) is 20.8 Å². The molecule has 2 aromatic rings. The summed E-state index contributed by atoms with van der Waals surface area (Å²) in [6.45, 7) is 11.1. The molecule has 1 fully saturated rings. The van der Waals surface area contributed by atoms with Gasteiger partial charge in [-0.3, -0.25) is 9.88 Å². The number of rotatable bonds is 1. The molecule has 1 saturated heterocycles. The van der Waals surface area contributed by atoms with E-state index < -0.39 is 0 Å². The van der Waals surface area contributed by atoms with Crippen LogP contribution in [-0.2, 0) is 0 Å². The fraction of sp³-hybridized carbons (Fsp3) is 0.471. The van der Waals surface area contributed by atoms with Gasteiger partial charge in [-0.15, -0.1) is 0 Å². The fourth-order valence-electron chi connectivity index (χ4n) is 3.05. The highest BCUT2D eigenvalue weighted by atomic mass is 15.3. The molecule has 2 N–H and O–H groups in total. The van der Waals surface area contributed by atoms with Gasteiger partial charge in [-0.1, -0.05) is 0 Å². The van der Waals surface area contributed by atoms with Gasteiger partial charge in [0.2, 0.25) is 0 Å². The van der Waals surface area contributed by atoms with Gasteiger partial charge >= 0.3 is 0 Å². The average molecular weight is 284 g/mol. The van der Waals surface area contributed by atoms with E-state index in [0.29, 0.717) is 0 Å². The lowest BCUT2D eigenvalue weighted by atomic mass is 10.0. The van der Waals surface area contributed by atoms with E-state index in [-0.39, 0.29) is 5.54 Å². The van der Waals surface area contributed by atoms with Crippen LogP contribution in [0.25, 0.3) is 10.9 Å². The lowest BCUT2D eigenvalue weighted by Crippen LogP contribution is -2.53. The number of fused-ring (bicyclic) bond motifs is 1. The Morgan fingerprint density at radius 2 is 1.76 bits per heavy atom. The highest BCUT2D eigenvalue weighted by Gasteiger charge is 2.26. The van der Waals surface area contributed by atoms with Crippen LogP contribution in [0.5, 0.6) is 0 Å². The third-order valence-corrected chi connectivity index (χ3v) is 4.35. The second-order valence-corrected chi connectivity index (χ2v) is 6.72. The molecule has 112 valence electrons. The maximum Gasteiger partial charge on any atom is 0.0955 e. The first-order valence-electron chi connectivity index (χ1n) is 7.60. The molecule has 0 bridgehead atoms. The minimum absolute atomic E-state index is 0.244. The van der Waals surface area contributed by atoms with E-state index in [1.54, 1.807) is 0 Å². The molecule has 21 heavy (non-hydrogen) atoms. The zero-order valence-corrected chi connectivity index (χ0v) is 13.1. The zero-order chi connectivity index (χ0) is 15.0. The second kappa shape index (κ2) is 5.19. The van der Waals surface area contributed by atoms with Crippen LogP contribution >= 0.6 is 0 Å². The van der Waals surface area contributed by atoms with Crippen LogP contribution < -0.4 is 10.6 Å². The van der Waals surface area contributed by atoms with E-state index in [9.17, 15) is 0 Å². The number of aromatic nitrogens is 1. The molecular weight excluding hydrogens is 260 g/mol. The van der Waals surface area contributed by atoms with Crippen molar-refractivity contribution in [1.82, 2.24) is 9.88 Å². The van der Waals surface area contributed by atoms with Crippen molar-refractivity contribution in [3.8, 4) is 0 Å². The Morgan fingerprint density at radius 3 is 2.43 bits per heavy atom. The van der Waals surface area contributed by atoms with Gasteiger partial charge in [0.1, 0.15) is 0 Å². The van der Waals surface area contributed by atoms with E-state index in [0.717, 1.165) is 42.8 Å². The summed E-state index contributed by atoms with van der Waals surface area (Å²) in [5, 5.41) is 1.05. The number of nitrogens with two attached hydrogens (primary N) is 1. The fourth-order valence-corrected chi connectivity index (χ4v) is 3.05. The van der Waals surface area contributed by atoms with Crippen LogP contribution in [0.3, 0.4) is 0 Å². The third-order valence-electron chi connectivity index (χ3n) is 4.35. The van der Waals surface area contributed by atoms with Crippen molar-refractivity contribution in [1.29, 1.82) is 0 Å². The molecule has 0 atom stereocenters. The number of piperazine rings is 1. The lowest BCUT2D eigenvalue weighted by molar-refractivity contribution is 0.128. The summed E-state index contributed by atoms with van der Waals surface area (Å²) in [7, 11) is 0. The number of pyridine rings is 1. The summed E-state index contributed by atoms with van der Waals surface area (Å²) in [5.74, 6) is 0. The summed E-state index contributed by atoms with van der Waals surface area (Å²) in [5.41, 5.74) is 9.33. The van der Waals surface area contributed by atoms with Crippen LogP contribution in [0.4, 0.5) is 11.4 Å². The molecule has 3 rings (SSSR count). The van der Waals surface area contributed by atoms with Crippen molar-refractivity contribution < 1.29 is 0 Å². The van der Waals surface area contributed by atoms with E-state index in [1.165, 1.54) is 5.69 Å². The Labute approximate surface area is 126 Å². The second-order valence-electron chi connectivity index (χ2n) is 6.72. The summed E-state index contributed by atoms with van der Waals surface area (Å²) in [6, 6.07) is 8.10. The molecule has 1 aromatic carbocycles. The molecule has 0 spiro atoms. The van der Waals surface area contributed by atoms with Crippen molar-refractivity contribution in [2.45, 2.75) is 26.3 Å². The van der Waals surface area contributed by atoms with Crippen LogP contribution in [0.15, 0.2) is 30.5 Å². The number of nitrogen functional groups attached to an aromatic ring is 1. The molecule has 1 aromatic heterocycles. The Kier molecular flexibility index (Phi) is 3.49. The Hall–Kier alpha value is -1.81. The summed E-state index contributed by atoms with van der Waals surface area (Å²) >= 11 is 0. The number of hydrogen-bond donors (Lipinski definition) is 1. The number of nitrogens with zero attached hydrogens (tertiary/aromatic N) is 3. The number of hydrogen-bond acceptors (Lipinski definition) is 4. The maximum absolute atomic E-state index is 6.07. The van der Waals surface area contributed by atoms with Gasteiger partial charge < -0.3 is 10.6 Å². The highest BCUT2D eigenvalue weighted by Crippen LogP contribution is 2.30. The molecule has 1 aliphatic rings. The van der Waals surface area contributed by atoms with Crippen molar-refractivity contribution in [2.75, 3.05) is 36.8 Å². The molecule has 4 heteroatoms. The van der Waals surface area contributed by atoms with Crippen LogP contribution in [0, 0.1) is 0 Å². The molecule has 0 aliphatic carbocycles. The summed E-state index contributed by atoms with van der Waals surface area (Å²) < 4.78 is 0. The standard InChI is InChI=1S/C17H24N4/c1-17(2,3)21-11-9-20(10-12-21)15-7-6-14(18)13-5-4-8-19-16(13)15/h4-8H,9-12,18H2,1-3H3. The first kappa shape index (κ1) is 14.1. The molecule has 1 aliphatic heterocycles. The van der Waals surface area contributed by atoms with Crippen LogP contribution in [-0.4, -0.2) is 41.6 Å². The summed E-state index contributed by atoms with van der Waals surface area (Å²) in [4.78, 5) is 9.52. The van der Waals surface area contributed by atoms with Gasteiger partial charge in [0.25, 0.3) is 0 Å². The quantitative estimate of drug-likeness (QED) is 0.818. The van der Waals surface area contributed by atoms with Gasteiger partial charge in [0.05, 0.1) is 11.2 Å². The minimum Gasteiger partial charge on any atom is -0.398 e. The van der Waals surface area contributed by atoms with Crippen LogP contribution in [0.2, 0.25) is 0 Å². The van der Waals surface area contributed by atoms with Gasteiger partial charge in [0, 0.05) is 49.0 Å². The molecular formula is C17H24N4. The maximum atomic E-state index is 6.07. The highest BCUT2D eigenvalue weighted by molar-refractivity contribution is 5.98. The van der Waals surface area contributed by atoms with Crippen molar-refractivity contribution in [2.24, 2.45) is 0 Å². The Bertz CT molecular complexity index is 637. The van der Waals surface area contributed by atoms with Gasteiger partial charge in [-0.2, -0.15) is 0 Å². The van der Waals surface area contributed by atoms with Gasteiger partial charge in [0.15, 0.2) is 0 Å². The predicted octanol–water partition coefficient (Wildman–Crippen LogP) is 2.74. The first-order chi connectivity index (χ1) is 9.97. The minimum atomic E-state index is 0.244. The summed E-state index contributed by atoms with van der Waals surface area (Å²) in [6.07, 6.45) is 1.84. The molecule has 0 unspecified atom stereocenters. The monoisotopic (exact) mass is 284 g/mol. The SMILES string of the molecule is CC(C)(C)N1CCN(c2ccc(N)c3cccnc23)CC1. The van der Waals surface area contributed by atoms with Gasteiger partial charge in [-0.25, -0.2) is 0 Å². The predicted molar refractivity (Wildman–Crippen MR) is 89.7 cm³/mol. The van der Waals surface area contributed by atoms with E-state index >= 15 is 0 Å². The third kappa shape index (κ3) is 2.68. The largest absolute Gasteiger partial charge is 0.398 e. The van der Waals surface area contributed by atoms with Crippen molar-refractivity contribution in [3.63, 3.8) is 0 Å². The molecule has 4 nitrogen and oxygen atoms in total.